The van der Waals surface area contributed by atoms with Crippen LogP contribution in [0.2, 0.25) is 0 Å². The lowest BCUT2D eigenvalue weighted by Gasteiger charge is -2.10. The second-order valence-corrected chi connectivity index (χ2v) is 6.25. The summed E-state index contributed by atoms with van der Waals surface area (Å²) in [6.07, 6.45) is 0.863. The Kier molecular flexibility index (Phi) is 5.10. The van der Waals surface area contributed by atoms with E-state index in [1.807, 2.05) is 18.2 Å². The Labute approximate surface area is 143 Å². The van der Waals surface area contributed by atoms with Gasteiger partial charge in [0.1, 0.15) is 5.75 Å². The van der Waals surface area contributed by atoms with Gasteiger partial charge in [-0.05, 0) is 24.3 Å². The number of rotatable bonds is 5. The van der Waals surface area contributed by atoms with Crippen molar-refractivity contribution in [1.82, 2.24) is 0 Å². The van der Waals surface area contributed by atoms with E-state index in [2.05, 4.69) is 0 Å². The first kappa shape index (κ1) is 16.4. The van der Waals surface area contributed by atoms with Crippen LogP contribution in [0, 0.1) is 10.1 Å². The highest BCUT2D eigenvalue weighted by Crippen LogP contribution is 2.36. The number of ether oxygens (including phenoxy) is 3. The monoisotopic (exact) mass is 347 g/mol. The Morgan fingerprint density at radius 1 is 1.17 bits per heavy atom. The summed E-state index contributed by atoms with van der Waals surface area (Å²) in [4.78, 5) is 11.6. The smallest absolute Gasteiger partial charge is 0.270 e. The molecule has 0 bridgehead atoms. The van der Waals surface area contributed by atoms with Gasteiger partial charge in [0.15, 0.2) is 11.5 Å². The largest absolute Gasteiger partial charge is 0.496 e. The zero-order valence-electron chi connectivity index (χ0n) is 13.2. The third-order valence-corrected chi connectivity index (χ3v) is 4.63. The Balaban J connectivity index is 1.77. The van der Waals surface area contributed by atoms with Crippen LogP contribution in [0.1, 0.15) is 12.0 Å². The molecule has 7 heteroatoms. The molecule has 0 aliphatic carbocycles. The number of thioether (sulfide) groups is 1. The van der Waals surface area contributed by atoms with Gasteiger partial charge in [0.25, 0.3) is 5.69 Å². The average Bonchev–Trinajstić information content (AvgIpc) is 2.84. The topological polar surface area (TPSA) is 70.8 Å². The van der Waals surface area contributed by atoms with Crippen molar-refractivity contribution in [3.05, 3.63) is 52.1 Å². The number of fused-ring (bicyclic) bond motifs is 1. The van der Waals surface area contributed by atoms with Crippen LogP contribution in [0.15, 0.2) is 41.3 Å². The van der Waals surface area contributed by atoms with Crippen LogP contribution in [0.25, 0.3) is 0 Å². The van der Waals surface area contributed by atoms with E-state index < -0.39 is 4.92 Å². The SMILES string of the molecule is COc1ccc([N+](=O)[O-])cc1CSc1ccc2c(c1)OCCCO2. The molecule has 3 rings (SSSR count). The van der Waals surface area contributed by atoms with Gasteiger partial charge < -0.3 is 14.2 Å². The Hall–Kier alpha value is -2.41. The number of methoxy groups -OCH3 is 1. The van der Waals surface area contributed by atoms with Gasteiger partial charge in [0.2, 0.25) is 0 Å². The lowest BCUT2D eigenvalue weighted by Crippen LogP contribution is -1.97. The molecule has 0 aromatic heterocycles. The molecule has 126 valence electrons. The highest BCUT2D eigenvalue weighted by atomic mass is 32.2. The zero-order valence-corrected chi connectivity index (χ0v) is 14.0. The summed E-state index contributed by atoms with van der Waals surface area (Å²) in [5.74, 6) is 2.69. The van der Waals surface area contributed by atoms with E-state index in [9.17, 15) is 10.1 Å². The van der Waals surface area contributed by atoms with Crippen LogP contribution in [0.4, 0.5) is 5.69 Å². The first-order chi connectivity index (χ1) is 11.7. The van der Waals surface area contributed by atoms with Gasteiger partial charge in [-0.15, -0.1) is 11.8 Å². The van der Waals surface area contributed by atoms with E-state index in [0.29, 0.717) is 24.7 Å². The van der Waals surface area contributed by atoms with E-state index in [0.717, 1.165) is 28.4 Å². The van der Waals surface area contributed by atoms with Gasteiger partial charge in [0, 0.05) is 34.8 Å². The molecule has 0 spiro atoms. The molecule has 2 aromatic carbocycles. The molecule has 0 fully saturated rings. The Morgan fingerprint density at radius 2 is 1.96 bits per heavy atom. The molecule has 0 atom stereocenters. The highest BCUT2D eigenvalue weighted by Gasteiger charge is 2.14. The van der Waals surface area contributed by atoms with Crippen LogP contribution in [0.3, 0.4) is 0 Å². The molecule has 6 nitrogen and oxygen atoms in total. The van der Waals surface area contributed by atoms with E-state index in [-0.39, 0.29) is 5.69 Å². The van der Waals surface area contributed by atoms with Crippen molar-refractivity contribution >= 4 is 17.4 Å². The summed E-state index contributed by atoms with van der Waals surface area (Å²) in [5, 5.41) is 10.9. The standard InChI is InChI=1S/C17H17NO5S/c1-21-15-5-3-13(18(19)20)9-12(15)11-24-14-4-6-16-17(10-14)23-8-2-7-22-16/h3-6,9-10H,2,7-8,11H2,1H3. The zero-order chi connectivity index (χ0) is 16.9. The van der Waals surface area contributed by atoms with Crippen LogP contribution < -0.4 is 14.2 Å². The normalized spacial score (nSPS) is 13.2. The number of nitrogens with zero attached hydrogens (tertiary/aromatic N) is 1. The van der Waals surface area contributed by atoms with Crippen molar-refractivity contribution in [3.63, 3.8) is 0 Å². The summed E-state index contributed by atoms with van der Waals surface area (Å²) in [5.41, 5.74) is 0.842. The predicted octanol–water partition coefficient (Wildman–Crippen LogP) is 4.06. The number of non-ortho nitro benzene ring substituents is 1. The van der Waals surface area contributed by atoms with Crippen molar-refractivity contribution in [2.24, 2.45) is 0 Å². The summed E-state index contributed by atoms with van der Waals surface area (Å²) < 4.78 is 16.6. The molecule has 1 aliphatic heterocycles. The van der Waals surface area contributed by atoms with Crippen molar-refractivity contribution in [2.75, 3.05) is 20.3 Å². The number of hydrogen-bond acceptors (Lipinski definition) is 6. The molecule has 24 heavy (non-hydrogen) atoms. The number of benzene rings is 2. The Bertz CT molecular complexity index is 750. The fraction of sp³-hybridized carbons (Fsp3) is 0.294. The molecule has 0 unspecified atom stereocenters. The first-order valence-corrected chi connectivity index (χ1v) is 8.49. The number of hydrogen-bond donors (Lipinski definition) is 0. The van der Waals surface area contributed by atoms with Crippen molar-refractivity contribution in [3.8, 4) is 17.2 Å². The third kappa shape index (κ3) is 3.73. The quantitative estimate of drug-likeness (QED) is 0.461. The van der Waals surface area contributed by atoms with Gasteiger partial charge in [0.05, 0.1) is 25.2 Å². The molecular formula is C17H17NO5S. The van der Waals surface area contributed by atoms with Gasteiger partial charge in [-0.25, -0.2) is 0 Å². The van der Waals surface area contributed by atoms with Gasteiger partial charge >= 0.3 is 0 Å². The Morgan fingerprint density at radius 3 is 2.71 bits per heavy atom. The summed E-state index contributed by atoms with van der Waals surface area (Å²) in [6, 6.07) is 10.4. The van der Waals surface area contributed by atoms with Crippen LogP contribution in [-0.4, -0.2) is 25.2 Å². The maximum Gasteiger partial charge on any atom is 0.270 e. The minimum absolute atomic E-state index is 0.0602. The summed E-state index contributed by atoms with van der Waals surface area (Å²) >= 11 is 1.56. The maximum absolute atomic E-state index is 10.9. The second kappa shape index (κ2) is 7.44. The molecule has 0 saturated carbocycles. The van der Waals surface area contributed by atoms with E-state index in [1.165, 1.54) is 6.07 Å². The molecule has 2 aromatic rings. The molecule has 0 amide bonds. The molecule has 0 radical (unpaired) electrons. The van der Waals surface area contributed by atoms with Crippen molar-refractivity contribution in [1.29, 1.82) is 0 Å². The fourth-order valence-electron chi connectivity index (χ4n) is 2.39. The average molecular weight is 347 g/mol. The second-order valence-electron chi connectivity index (χ2n) is 5.20. The first-order valence-electron chi connectivity index (χ1n) is 7.51. The number of nitro benzene ring substituents is 1. The fourth-order valence-corrected chi connectivity index (χ4v) is 3.29. The van der Waals surface area contributed by atoms with Gasteiger partial charge in [-0.1, -0.05) is 0 Å². The van der Waals surface area contributed by atoms with E-state index in [4.69, 9.17) is 14.2 Å². The minimum atomic E-state index is -0.402. The van der Waals surface area contributed by atoms with E-state index >= 15 is 0 Å². The minimum Gasteiger partial charge on any atom is -0.496 e. The summed E-state index contributed by atoms with van der Waals surface area (Å²) in [6.45, 7) is 1.30. The van der Waals surface area contributed by atoms with E-state index in [1.54, 1.807) is 31.0 Å². The molecule has 1 aliphatic rings. The predicted molar refractivity (Wildman–Crippen MR) is 91.3 cm³/mol. The molecular weight excluding hydrogens is 330 g/mol. The molecule has 1 heterocycles. The molecule has 0 saturated heterocycles. The molecule has 0 N–H and O–H groups in total. The van der Waals surface area contributed by atoms with Crippen LogP contribution in [0.5, 0.6) is 17.2 Å². The van der Waals surface area contributed by atoms with Gasteiger partial charge in [-0.3, -0.25) is 10.1 Å². The highest BCUT2D eigenvalue weighted by molar-refractivity contribution is 7.98. The number of nitro groups is 1. The van der Waals surface area contributed by atoms with Crippen molar-refractivity contribution < 1.29 is 19.1 Å². The third-order valence-electron chi connectivity index (χ3n) is 3.59. The lowest BCUT2D eigenvalue weighted by atomic mass is 10.2. The maximum atomic E-state index is 10.9. The van der Waals surface area contributed by atoms with Gasteiger partial charge in [-0.2, -0.15) is 0 Å². The lowest BCUT2D eigenvalue weighted by molar-refractivity contribution is -0.384. The van der Waals surface area contributed by atoms with Crippen LogP contribution >= 0.6 is 11.8 Å². The van der Waals surface area contributed by atoms with Crippen LogP contribution in [-0.2, 0) is 5.75 Å². The summed E-state index contributed by atoms with van der Waals surface area (Å²) in [7, 11) is 1.56. The van der Waals surface area contributed by atoms with Crippen molar-refractivity contribution in [2.45, 2.75) is 17.1 Å².